The van der Waals surface area contributed by atoms with Crippen molar-refractivity contribution in [3.05, 3.63) is 18.5 Å². The lowest BCUT2D eigenvalue weighted by atomic mass is 10.0. The van der Waals surface area contributed by atoms with E-state index in [0.29, 0.717) is 5.56 Å². The first-order valence-corrected chi connectivity index (χ1v) is 6.37. The molecule has 2 aromatic rings. The highest BCUT2D eigenvalue weighted by molar-refractivity contribution is 5.69. The molecule has 0 atom stereocenters. The van der Waals surface area contributed by atoms with Gasteiger partial charge in [-0.05, 0) is 6.07 Å². The first kappa shape index (κ1) is 14.3. The summed E-state index contributed by atoms with van der Waals surface area (Å²) in [6.07, 6.45) is -1.35. The summed E-state index contributed by atoms with van der Waals surface area (Å²) in [4.78, 5) is 17.5. The lowest BCUT2D eigenvalue weighted by molar-refractivity contribution is -0.180. The van der Waals surface area contributed by atoms with Crippen LogP contribution in [0.25, 0.3) is 11.4 Å². The molecule has 1 aliphatic heterocycles. The summed E-state index contributed by atoms with van der Waals surface area (Å²) >= 11 is 0. The fraction of sp³-hybridized carbons (Fsp3) is 0.333. The fourth-order valence-corrected chi connectivity index (χ4v) is 2.06. The van der Waals surface area contributed by atoms with Gasteiger partial charge in [0, 0.05) is 25.5 Å². The topological polar surface area (TPSA) is 107 Å². The Morgan fingerprint density at radius 2 is 1.86 bits per heavy atom. The second kappa shape index (κ2) is 4.97. The molecule has 1 saturated heterocycles. The molecule has 0 unspecified atom stereocenters. The van der Waals surface area contributed by atoms with Crippen LogP contribution in [-0.4, -0.2) is 39.2 Å². The van der Waals surface area contributed by atoms with Crippen molar-refractivity contribution >= 4 is 17.6 Å². The molecular formula is C12H12F3N7. The van der Waals surface area contributed by atoms with Crippen LogP contribution in [0.15, 0.2) is 18.5 Å². The predicted molar refractivity (Wildman–Crippen MR) is 73.6 cm³/mol. The van der Waals surface area contributed by atoms with Gasteiger partial charge in [-0.25, -0.2) is 15.0 Å². The third-order valence-electron chi connectivity index (χ3n) is 3.35. The van der Waals surface area contributed by atoms with Gasteiger partial charge in [0.1, 0.15) is 11.6 Å². The summed E-state index contributed by atoms with van der Waals surface area (Å²) in [6.45, 7) is -0.339. The molecule has 0 aliphatic carbocycles. The van der Waals surface area contributed by atoms with Crippen LogP contribution in [0, 0.1) is 5.92 Å². The number of alkyl halides is 3. The summed E-state index contributed by atoms with van der Waals surface area (Å²) in [5, 5.41) is 0. The molecule has 0 bridgehead atoms. The van der Waals surface area contributed by atoms with Crippen LogP contribution >= 0.6 is 0 Å². The van der Waals surface area contributed by atoms with Gasteiger partial charge >= 0.3 is 6.18 Å². The Morgan fingerprint density at radius 3 is 2.45 bits per heavy atom. The molecule has 0 radical (unpaired) electrons. The Balaban J connectivity index is 1.79. The molecule has 7 nitrogen and oxygen atoms in total. The number of halogens is 3. The summed E-state index contributed by atoms with van der Waals surface area (Å²) in [5.41, 5.74) is 11.8. The number of hydrogen-bond donors (Lipinski definition) is 2. The Labute approximate surface area is 123 Å². The zero-order valence-corrected chi connectivity index (χ0v) is 11.2. The Kier molecular flexibility index (Phi) is 3.23. The van der Waals surface area contributed by atoms with Crippen LogP contribution in [0.2, 0.25) is 0 Å². The molecule has 0 amide bonds. The van der Waals surface area contributed by atoms with Gasteiger partial charge in [-0.15, -0.1) is 0 Å². The van der Waals surface area contributed by atoms with Gasteiger partial charge in [0.2, 0.25) is 5.95 Å². The van der Waals surface area contributed by atoms with Crippen molar-refractivity contribution in [2.24, 2.45) is 5.92 Å². The summed E-state index contributed by atoms with van der Waals surface area (Å²) in [5.74, 6) is -0.573. The van der Waals surface area contributed by atoms with E-state index < -0.39 is 12.1 Å². The summed E-state index contributed by atoms with van der Waals surface area (Å²) in [6, 6.07) is 1.52. The van der Waals surface area contributed by atoms with Crippen LogP contribution in [0.3, 0.4) is 0 Å². The van der Waals surface area contributed by atoms with Gasteiger partial charge in [0.15, 0.2) is 5.82 Å². The number of hydrogen-bond acceptors (Lipinski definition) is 7. The first-order chi connectivity index (χ1) is 10.3. The number of aromatic nitrogens is 4. The number of nitrogen functional groups attached to an aromatic ring is 2. The van der Waals surface area contributed by atoms with Gasteiger partial charge < -0.3 is 16.4 Å². The predicted octanol–water partition coefficient (Wildman–Crippen LogP) is 1.10. The van der Waals surface area contributed by atoms with Crippen LogP contribution in [0.1, 0.15) is 0 Å². The zero-order chi connectivity index (χ0) is 15.9. The van der Waals surface area contributed by atoms with Crippen molar-refractivity contribution in [1.82, 2.24) is 19.9 Å². The van der Waals surface area contributed by atoms with Crippen molar-refractivity contribution in [2.75, 3.05) is 29.5 Å². The van der Waals surface area contributed by atoms with E-state index in [2.05, 4.69) is 19.9 Å². The van der Waals surface area contributed by atoms with E-state index >= 15 is 0 Å². The minimum Gasteiger partial charge on any atom is -0.384 e. The van der Waals surface area contributed by atoms with Crippen molar-refractivity contribution in [1.29, 1.82) is 0 Å². The molecule has 3 rings (SSSR count). The monoisotopic (exact) mass is 311 g/mol. The molecular weight excluding hydrogens is 299 g/mol. The molecule has 2 aromatic heterocycles. The van der Waals surface area contributed by atoms with E-state index in [4.69, 9.17) is 11.5 Å². The van der Waals surface area contributed by atoms with Crippen molar-refractivity contribution in [3.8, 4) is 11.4 Å². The van der Waals surface area contributed by atoms with Crippen LogP contribution in [0.4, 0.5) is 30.8 Å². The number of nitrogens with two attached hydrogens (primary N) is 2. The summed E-state index contributed by atoms with van der Waals surface area (Å²) < 4.78 is 37.4. The first-order valence-electron chi connectivity index (χ1n) is 6.37. The van der Waals surface area contributed by atoms with Crippen LogP contribution in [0.5, 0.6) is 0 Å². The maximum atomic E-state index is 12.5. The highest BCUT2D eigenvalue weighted by atomic mass is 19.4. The highest BCUT2D eigenvalue weighted by Crippen LogP contribution is 2.35. The Hall–Kier alpha value is -2.65. The van der Waals surface area contributed by atoms with Gasteiger partial charge in [-0.1, -0.05) is 0 Å². The molecule has 0 saturated carbocycles. The molecule has 22 heavy (non-hydrogen) atoms. The smallest absolute Gasteiger partial charge is 0.384 e. The largest absolute Gasteiger partial charge is 0.395 e. The number of rotatable bonds is 2. The van der Waals surface area contributed by atoms with Crippen LogP contribution in [-0.2, 0) is 0 Å². The molecule has 10 heteroatoms. The minimum absolute atomic E-state index is 0.0889. The average molecular weight is 311 g/mol. The van der Waals surface area contributed by atoms with Crippen molar-refractivity contribution < 1.29 is 13.2 Å². The van der Waals surface area contributed by atoms with Gasteiger partial charge in [-0.3, -0.25) is 0 Å². The van der Waals surface area contributed by atoms with E-state index in [0.717, 1.165) is 0 Å². The molecule has 1 aliphatic rings. The molecule has 3 heterocycles. The maximum absolute atomic E-state index is 12.5. The maximum Gasteiger partial charge on any atom is 0.395 e. The fourth-order valence-electron chi connectivity index (χ4n) is 2.06. The van der Waals surface area contributed by atoms with E-state index in [1.165, 1.54) is 23.4 Å². The van der Waals surface area contributed by atoms with Gasteiger partial charge in [0.25, 0.3) is 0 Å². The van der Waals surface area contributed by atoms with Crippen molar-refractivity contribution in [2.45, 2.75) is 6.18 Å². The lowest BCUT2D eigenvalue weighted by Gasteiger charge is -2.40. The third-order valence-corrected chi connectivity index (χ3v) is 3.35. The number of anilines is 3. The molecule has 1 fully saturated rings. The lowest BCUT2D eigenvalue weighted by Crippen LogP contribution is -2.54. The normalized spacial score (nSPS) is 15.7. The van der Waals surface area contributed by atoms with Crippen molar-refractivity contribution in [3.63, 3.8) is 0 Å². The Morgan fingerprint density at radius 1 is 1.14 bits per heavy atom. The molecule has 0 aromatic carbocycles. The summed E-state index contributed by atoms with van der Waals surface area (Å²) in [7, 11) is 0. The molecule has 4 N–H and O–H groups in total. The van der Waals surface area contributed by atoms with Gasteiger partial charge in [-0.2, -0.15) is 18.2 Å². The zero-order valence-electron chi connectivity index (χ0n) is 11.2. The van der Waals surface area contributed by atoms with E-state index in [9.17, 15) is 13.2 Å². The Bertz CT molecular complexity index is 697. The SMILES string of the molecule is Nc1ccnc(-c2cnc(N3CC(C(F)(F)F)C3)nc2N)n1. The second-order valence-corrected chi connectivity index (χ2v) is 4.92. The minimum atomic E-state index is -4.20. The second-order valence-electron chi connectivity index (χ2n) is 4.92. The van der Waals surface area contributed by atoms with Gasteiger partial charge in [0.05, 0.1) is 11.5 Å². The van der Waals surface area contributed by atoms with E-state index in [1.54, 1.807) is 0 Å². The molecule has 0 spiro atoms. The third kappa shape index (κ3) is 2.59. The van der Waals surface area contributed by atoms with Crippen LogP contribution < -0.4 is 16.4 Å². The molecule has 116 valence electrons. The number of nitrogens with zero attached hydrogens (tertiary/aromatic N) is 5. The van der Waals surface area contributed by atoms with E-state index in [1.807, 2.05) is 0 Å². The van der Waals surface area contributed by atoms with E-state index in [-0.39, 0.29) is 36.5 Å². The quantitative estimate of drug-likeness (QED) is 0.855. The average Bonchev–Trinajstić information content (AvgIpc) is 2.35. The highest BCUT2D eigenvalue weighted by Gasteiger charge is 2.47. The standard InChI is InChI=1S/C12H12F3N7/c13-12(14,15)6-4-22(5-6)11-19-3-7(9(17)21-11)10-18-2-1-8(16)20-10/h1-3,6H,4-5H2,(H2,16,18,20)(H2,17,19,21).